The predicted octanol–water partition coefficient (Wildman–Crippen LogP) is 7.36. The molecule has 0 spiro atoms. The van der Waals surface area contributed by atoms with E-state index in [2.05, 4.69) is 116 Å². The van der Waals surface area contributed by atoms with Crippen LogP contribution in [0.2, 0.25) is 0 Å². The summed E-state index contributed by atoms with van der Waals surface area (Å²) in [5.74, 6) is 0. The van der Waals surface area contributed by atoms with Crippen LogP contribution in [-0.4, -0.2) is 0 Å². The van der Waals surface area contributed by atoms with Crippen LogP contribution in [0.15, 0.2) is 121 Å². The highest BCUT2D eigenvalue weighted by atomic mass is 14.1. The van der Waals surface area contributed by atoms with E-state index in [0.717, 1.165) is 12.8 Å². The smallest absolute Gasteiger partial charge is 0.00663 e. The minimum Gasteiger partial charge on any atom is -0.0992 e. The minimum absolute atomic E-state index is 0.899. The van der Waals surface area contributed by atoms with E-state index in [1.54, 1.807) is 0 Å². The molecule has 0 heteroatoms. The number of rotatable bonds is 6. The third-order valence-corrected chi connectivity index (χ3v) is 4.98. The first-order chi connectivity index (χ1) is 13.8. The Morgan fingerprint density at radius 1 is 0.464 bits per heavy atom. The topological polar surface area (TPSA) is 0 Å². The van der Waals surface area contributed by atoms with Gasteiger partial charge in [-0.3, -0.25) is 0 Å². The Labute approximate surface area is 167 Å². The van der Waals surface area contributed by atoms with Crippen molar-refractivity contribution in [3.63, 3.8) is 0 Å². The largest absolute Gasteiger partial charge is 0.0992 e. The summed E-state index contributed by atoms with van der Waals surface area (Å²) in [5, 5.41) is 0. The lowest BCUT2D eigenvalue weighted by atomic mass is 9.95. The zero-order valence-corrected chi connectivity index (χ0v) is 16.0. The van der Waals surface area contributed by atoms with E-state index >= 15 is 0 Å². The highest BCUT2D eigenvalue weighted by Gasteiger charge is 2.04. The van der Waals surface area contributed by atoms with E-state index < -0.39 is 0 Å². The third-order valence-electron chi connectivity index (χ3n) is 4.98. The SMILES string of the molecule is C=C(Cc1cccc(-c2ccccc2)c1)Cc1cccc(-c2ccccc2)c1. The lowest BCUT2D eigenvalue weighted by Crippen LogP contribution is -1.95. The minimum atomic E-state index is 0.899. The summed E-state index contributed by atoms with van der Waals surface area (Å²) in [6, 6.07) is 38.6. The molecule has 4 rings (SSSR count). The van der Waals surface area contributed by atoms with Crippen molar-refractivity contribution in [3.8, 4) is 22.3 Å². The number of allylic oxidation sites excluding steroid dienone is 1. The van der Waals surface area contributed by atoms with Gasteiger partial charge in [0.1, 0.15) is 0 Å². The lowest BCUT2D eigenvalue weighted by Gasteiger charge is -2.10. The van der Waals surface area contributed by atoms with Gasteiger partial charge in [0.2, 0.25) is 0 Å². The van der Waals surface area contributed by atoms with Crippen molar-refractivity contribution < 1.29 is 0 Å². The van der Waals surface area contributed by atoms with Crippen LogP contribution in [-0.2, 0) is 12.8 Å². The maximum Gasteiger partial charge on any atom is -0.00663 e. The van der Waals surface area contributed by atoms with E-state index in [0.29, 0.717) is 0 Å². The summed E-state index contributed by atoms with van der Waals surface area (Å²) in [7, 11) is 0. The molecule has 0 N–H and O–H groups in total. The second-order valence-electron chi connectivity index (χ2n) is 7.24. The van der Waals surface area contributed by atoms with Crippen molar-refractivity contribution in [1.29, 1.82) is 0 Å². The third kappa shape index (κ3) is 4.47. The standard InChI is InChI=1S/C28H24/c1-22(18-23-10-8-16-27(20-23)25-12-4-2-5-13-25)19-24-11-9-17-28(21-24)26-14-6-3-7-15-26/h2-17,20-21H,1,18-19H2. The van der Waals surface area contributed by atoms with Gasteiger partial charge in [-0.1, -0.05) is 121 Å². The van der Waals surface area contributed by atoms with Gasteiger partial charge in [-0.15, -0.1) is 0 Å². The van der Waals surface area contributed by atoms with Crippen molar-refractivity contribution in [2.24, 2.45) is 0 Å². The van der Waals surface area contributed by atoms with Gasteiger partial charge in [0.05, 0.1) is 0 Å². The fourth-order valence-corrected chi connectivity index (χ4v) is 3.62. The second kappa shape index (κ2) is 8.54. The van der Waals surface area contributed by atoms with Crippen LogP contribution >= 0.6 is 0 Å². The maximum absolute atomic E-state index is 4.35. The molecule has 136 valence electrons. The van der Waals surface area contributed by atoms with Gasteiger partial charge in [0.15, 0.2) is 0 Å². The molecule has 0 saturated heterocycles. The van der Waals surface area contributed by atoms with Crippen LogP contribution in [0.3, 0.4) is 0 Å². The highest BCUT2D eigenvalue weighted by Crippen LogP contribution is 2.24. The van der Waals surface area contributed by atoms with Crippen LogP contribution in [0.25, 0.3) is 22.3 Å². The summed E-state index contributed by atoms with van der Waals surface area (Å²) in [6.07, 6.45) is 1.80. The molecule has 0 aliphatic heterocycles. The molecule has 4 aromatic carbocycles. The monoisotopic (exact) mass is 360 g/mol. The number of hydrogen-bond acceptors (Lipinski definition) is 0. The van der Waals surface area contributed by atoms with Gasteiger partial charge in [0, 0.05) is 0 Å². The Hall–Kier alpha value is -3.38. The summed E-state index contributed by atoms with van der Waals surface area (Å²) in [5.41, 5.74) is 8.89. The van der Waals surface area contributed by atoms with Gasteiger partial charge in [-0.2, -0.15) is 0 Å². The molecule has 0 unspecified atom stereocenters. The van der Waals surface area contributed by atoms with Crippen LogP contribution in [0.5, 0.6) is 0 Å². The van der Waals surface area contributed by atoms with Gasteiger partial charge >= 0.3 is 0 Å². The van der Waals surface area contributed by atoms with Gasteiger partial charge in [-0.25, -0.2) is 0 Å². The van der Waals surface area contributed by atoms with Crippen LogP contribution in [0.4, 0.5) is 0 Å². The summed E-state index contributed by atoms with van der Waals surface area (Å²) < 4.78 is 0. The molecule has 0 heterocycles. The summed E-state index contributed by atoms with van der Waals surface area (Å²) in [4.78, 5) is 0. The Kier molecular flexibility index (Phi) is 5.49. The van der Waals surface area contributed by atoms with Crippen molar-refractivity contribution in [2.45, 2.75) is 12.8 Å². The molecule has 0 aromatic heterocycles. The molecule has 0 amide bonds. The Morgan fingerprint density at radius 3 is 1.29 bits per heavy atom. The predicted molar refractivity (Wildman–Crippen MR) is 120 cm³/mol. The van der Waals surface area contributed by atoms with E-state index in [4.69, 9.17) is 0 Å². The molecule has 0 bridgehead atoms. The average molecular weight is 361 g/mol. The molecule has 0 radical (unpaired) electrons. The summed E-state index contributed by atoms with van der Waals surface area (Å²) in [6.45, 7) is 4.35. The molecule has 0 atom stereocenters. The molecule has 4 aromatic rings. The molecule has 0 saturated carbocycles. The fraction of sp³-hybridized carbons (Fsp3) is 0.0714. The van der Waals surface area contributed by atoms with E-state index in [1.165, 1.54) is 39.0 Å². The Morgan fingerprint density at radius 2 is 0.857 bits per heavy atom. The summed E-state index contributed by atoms with van der Waals surface area (Å²) >= 11 is 0. The van der Waals surface area contributed by atoms with E-state index in [9.17, 15) is 0 Å². The van der Waals surface area contributed by atoms with Crippen molar-refractivity contribution in [3.05, 3.63) is 132 Å². The molecule has 0 aliphatic carbocycles. The first-order valence-electron chi connectivity index (χ1n) is 9.73. The lowest BCUT2D eigenvalue weighted by molar-refractivity contribution is 1.04. The zero-order valence-electron chi connectivity index (χ0n) is 16.0. The first kappa shape index (κ1) is 18.0. The zero-order chi connectivity index (χ0) is 19.2. The molecular weight excluding hydrogens is 336 g/mol. The maximum atomic E-state index is 4.35. The first-order valence-corrected chi connectivity index (χ1v) is 9.73. The van der Waals surface area contributed by atoms with Crippen LogP contribution < -0.4 is 0 Å². The Balaban J connectivity index is 1.47. The van der Waals surface area contributed by atoms with Crippen LogP contribution in [0, 0.1) is 0 Å². The van der Waals surface area contributed by atoms with E-state index in [-0.39, 0.29) is 0 Å². The van der Waals surface area contributed by atoms with Gasteiger partial charge < -0.3 is 0 Å². The van der Waals surface area contributed by atoms with Crippen molar-refractivity contribution in [1.82, 2.24) is 0 Å². The van der Waals surface area contributed by atoms with Gasteiger partial charge in [-0.05, 0) is 46.2 Å². The van der Waals surface area contributed by atoms with Crippen molar-refractivity contribution in [2.75, 3.05) is 0 Å². The van der Waals surface area contributed by atoms with Gasteiger partial charge in [0.25, 0.3) is 0 Å². The normalized spacial score (nSPS) is 10.6. The van der Waals surface area contributed by atoms with Crippen molar-refractivity contribution >= 4 is 0 Å². The molecule has 0 aliphatic rings. The molecular formula is C28H24. The molecule has 28 heavy (non-hydrogen) atoms. The van der Waals surface area contributed by atoms with E-state index in [1.807, 2.05) is 0 Å². The Bertz CT molecular complexity index is 972. The number of hydrogen-bond donors (Lipinski definition) is 0. The molecule has 0 fully saturated rings. The fourth-order valence-electron chi connectivity index (χ4n) is 3.62. The quantitative estimate of drug-likeness (QED) is 0.315. The second-order valence-corrected chi connectivity index (χ2v) is 7.24. The highest BCUT2D eigenvalue weighted by molar-refractivity contribution is 5.65. The molecule has 0 nitrogen and oxygen atoms in total. The van der Waals surface area contributed by atoms with Crippen LogP contribution in [0.1, 0.15) is 11.1 Å². The average Bonchev–Trinajstić information content (AvgIpc) is 2.75. The number of benzene rings is 4.